The van der Waals surface area contributed by atoms with Gasteiger partial charge < -0.3 is 23.7 Å². The normalized spacial score (nSPS) is 17.7. The molecule has 6 aromatic rings. The number of benzene rings is 4. The fourth-order valence-corrected chi connectivity index (χ4v) is 5.69. The number of ether oxygens (including phenoxy) is 5. The van der Waals surface area contributed by atoms with Gasteiger partial charge in [-0.15, -0.1) is 0 Å². The average molecular weight is 730 g/mol. The summed E-state index contributed by atoms with van der Waals surface area (Å²) < 4.78 is 30.8. The number of aromatic nitrogens is 4. The first-order chi connectivity index (χ1) is 26.3. The molecule has 2 aromatic heterocycles. The largest absolute Gasteiger partial charge is 0.484 e. The van der Waals surface area contributed by atoms with Crippen LogP contribution in [0.5, 0.6) is 5.75 Å². The molecule has 272 valence electrons. The quantitative estimate of drug-likeness (QED) is 0.134. The minimum Gasteiger partial charge on any atom is -0.484 e. The standard InChI is InChI=1S/C39H31N5O10/c45-29(22-50-27-19-11-4-12-20-27)41-39-42-33-30(34(46)43-39)40-23-44(33)35-32(54-38(49)26-17-9-3-10-18-26)31(53-37(48)25-15-7-2-8-16-25)28(52-35)21-51-36(47)24-13-5-1-6-14-24/h1-20,23,28,31-32,35H,21-22H2,(H2,41,42,43,45,46)/t28-,31-,32-,35-/m1/s1. The summed E-state index contributed by atoms with van der Waals surface area (Å²) in [5.74, 6) is -2.61. The summed E-state index contributed by atoms with van der Waals surface area (Å²) in [7, 11) is 0. The van der Waals surface area contributed by atoms with Gasteiger partial charge in [-0.2, -0.15) is 4.98 Å². The Morgan fingerprint density at radius 3 is 1.85 bits per heavy atom. The second-order valence-corrected chi connectivity index (χ2v) is 11.9. The first-order valence-corrected chi connectivity index (χ1v) is 16.7. The Morgan fingerprint density at radius 1 is 0.722 bits per heavy atom. The van der Waals surface area contributed by atoms with Crippen LogP contribution >= 0.6 is 0 Å². The zero-order valence-electron chi connectivity index (χ0n) is 28.3. The molecule has 4 aromatic carbocycles. The molecule has 7 rings (SSSR count). The molecule has 1 fully saturated rings. The zero-order valence-corrected chi connectivity index (χ0v) is 28.3. The van der Waals surface area contributed by atoms with Crippen molar-refractivity contribution in [2.45, 2.75) is 24.5 Å². The Balaban J connectivity index is 1.23. The van der Waals surface area contributed by atoms with Crippen molar-refractivity contribution < 1.29 is 42.9 Å². The molecule has 1 saturated heterocycles. The highest BCUT2D eigenvalue weighted by Crippen LogP contribution is 2.36. The number of rotatable bonds is 12. The summed E-state index contributed by atoms with van der Waals surface area (Å²) >= 11 is 0. The number of anilines is 1. The Kier molecular flexibility index (Phi) is 10.5. The number of carbonyl (C=O) groups excluding carboxylic acids is 4. The van der Waals surface area contributed by atoms with Crippen LogP contribution in [0.25, 0.3) is 11.2 Å². The Bertz CT molecular complexity index is 2320. The van der Waals surface area contributed by atoms with Crippen LogP contribution in [-0.4, -0.2) is 74.9 Å². The number of H-pyrrole nitrogens is 1. The Hall–Kier alpha value is -7.13. The lowest BCUT2D eigenvalue weighted by Crippen LogP contribution is -2.41. The van der Waals surface area contributed by atoms with E-state index in [4.69, 9.17) is 23.7 Å². The predicted octanol–water partition coefficient (Wildman–Crippen LogP) is 4.34. The smallest absolute Gasteiger partial charge is 0.338 e. The third-order valence-electron chi connectivity index (χ3n) is 8.26. The molecule has 15 nitrogen and oxygen atoms in total. The molecule has 0 bridgehead atoms. The molecule has 0 saturated carbocycles. The van der Waals surface area contributed by atoms with Gasteiger partial charge in [0, 0.05) is 0 Å². The lowest BCUT2D eigenvalue weighted by molar-refractivity contribution is -0.118. The first-order valence-electron chi connectivity index (χ1n) is 16.7. The van der Waals surface area contributed by atoms with Crippen LogP contribution in [-0.2, 0) is 23.7 Å². The maximum atomic E-state index is 13.6. The van der Waals surface area contributed by atoms with Gasteiger partial charge in [0.25, 0.3) is 11.5 Å². The van der Waals surface area contributed by atoms with E-state index in [-0.39, 0.29) is 40.4 Å². The fourth-order valence-electron chi connectivity index (χ4n) is 5.69. The molecule has 0 unspecified atom stereocenters. The third kappa shape index (κ3) is 8.00. The number of fused-ring (bicyclic) bond motifs is 1. The number of hydrogen-bond acceptors (Lipinski definition) is 12. The summed E-state index contributed by atoms with van der Waals surface area (Å²) in [5.41, 5.74) is -0.247. The molecular formula is C39H31N5O10. The van der Waals surface area contributed by atoms with E-state index in [1.165, 1.54) is 10.9 Å². The maximum Gasteiger partial charge on any atom is 0.338 e. The highest BCUT2D eigenvalue weighted by molar-refractivity contribution is 5.92. The molecule has 0 aliphatic carbocycles. The molecule has 2 N–H and O–H groups in total. The van der Waals surface area contributed by atoms with Crippen LogP contribution in [0.2, 0.25) is 0 Å². The predicted molar refractivity (Wildman–Crippen MR) is 191 cm³/mol. The summed E-state index contributed by atoms with van der Waals surface area (Å²) in [6.07, 6.45) is -4.05. The van der Waals surface area contributed by atoms with E-state index in [1.54, 1.807) is 121 Å². The number of imidazole rings is 1. The van der Waals surface area contributed by atoms with Crippen molar-refractivity contribution in [2.24, 2.45) is 0 Å². The van der Waals surface area contributed by atoms with Crippen molar-refractivity contribution in [3.05, 3.63) is 155 Å². The van der Waals surface area contributed by atoms with Crippen molar-refractivity contribution in [2.75, 3.05) is 18.5 Å². The van der Waals surface area contributed by atoms with Crippen LogP contribution in [0.4, 0.5) is 5.95 Å². The van der Waals surface area contributed by atoms with E-state index in [2.05, 4.69) is 20.3 Å². The molecule has 0 radical (unpaired) electrons. The van der Waals surface area contributed by atoms with Gasteiger partial charge in [-0.3, -0.25) is 24.5 Å². The van der Waals surface area contributed by atoms with Crippen molar-refractivity contribution in [1.29, 1.82) is 0 Å². The fraction of sp³-hybridized carbons (Fsp3) is 0.154. The van der Waals surface area contributed by atoms with E-state index < -0.39 is 60.5 Å². The molecule has 4 atom stereocenters. The molecule has 1 aliphatic rings. The summed E-state index contributed by atoms with van der Waals surface area (Å²) in [6.45, 7) is -0.814. The summed E-state index contributed by atoms with van der Waals surface area (Å²) in [4.78, 5) is 77.1. The Morgan fingerprint density at radius 2 is 1.26 bits per heavy atom. The molecule has 54 heavy (non-hydrogen) atoms. The van der Waals surface area contributed by atoms with Crippen LogP contribution in [0.1, 0.15) is 37.3 Å². The third-order valence-corrected chi connectivity index (χ3v) is 8.26. The first kappa shape index (κ1) is 35.3. The minimum atomic E-state index is -1.40. The maximum absolute atomic E-state index is 13.6. The second kappa shape index (κ2) is 16.0. The number of esters is 3. The van der Waals surface area contributed by atoms with Gasteiger partial charge in [0.05, 0.1) is 23.0 Å². The van der Waals surface area contributed by atoms with Crippen LogP contribution < -0.4 is 15.6 Å². The van der Waals surface area contributed by atoms with E-state index in [9.17, 15) is 24.0 Å². The molecule has 1 amide bonds. The highest BCUT2D eigenvalue weighted by atomic mass is 16.7. The molecule has 3 heterocycles. The van der Waals surface area contributed by atoms with Crippen LogP contribution in [0.15, 0.2) is 132 Å². The van der Waals surface area contributed by atoms with Crippen LogP contribution in [0.3, 0.4) is 0 Å². The number of nitrogens with one attached hydrogen (secondary N) is 2. The molecule has 1 aliphatic heterocycles. The summed E-state index contributed by atoms with van der Waals surface area (Å²) in [6, 6.07) is 33.2. The van der Waals surface area contributed by atoms with Gasteiger partial charge in [-0.1, -0.05) is 72.8 Å². The molecule has 15 heteroatoms. The van der Waals surface area contributed by atoms with Gasteiger partial charge in [0.2, 0.25) is 5.95 Å². The monoisotopic (exact) mass is 729 g/mol. The average Bonchev–Trinajstić information content (AvgIpc) is 3.78. The zero-order chi connectivity index (χ0) is 37.4. The van der Waals surface area contributed by atoms with Gasteiger partial charge in [-0.05, 0) is 48.5 Å². The van der Waals surface area contributed by atoms with Gasteiger partial charge in [0.1, 0.15) is 18.5 Å². The number of amides is 1. The van der Waals surface area contributed by atoms with Crippen molar-refractivity contribution in [3.63, 3.8) is 0 Å². The highest BCUT2D eigenvalue weighted by Gasteiger charge is 2.52. The van der Waals surface area contributed by atoms with Gasteiger partial charge in [-0.25, -0.2) is 19.4 Å². The number of hydrogen-bond donors (Lipinski definition) is 2. The lowest BCUT2D eigenvalue weighted by atomic mass is 10.1. The van der Waals surface area contributed by atoms with Gasteiger partial charge >= 0.3 is 17.9 Å². The lowest BCUT2D eigenvalue weighted by Gasteiger charge is -2.25. The van der Waals surface area contributed by atoms with Crippen molar-refractivity contribution in [1.82, 2.24) is 19.5 Å². The number of nitrogens with zero attached hydrogens (tertiary/aromatic N) is 3. The number of para-hydroxylation sites is 1. The molecular weight excluding hydrogens is 698 g/mol. The summed E-state index contributed by atoms with van der Waals surface area (Å²) in [5, 5.41) is 2.50. The van der Waals surface area contributed by atoms with E-state index in [0.717, 1.165) is 0 Å². The van der Waals surface area contributed by atoms with Crippen LogP contribution in [0, 0.1) is 0 Å². The van der Waals surface area contributed by atoms with Gasteiger partial charge in [0.15, 0.2) is 36.2 Å². The van der Waals surface area contributed by atoms with Crippen molar-refractivity contribution in [3.8, 4) is 5.75 Å². The topological polar surface area (TPSA) is 190 Å². The Labute approximate surface area is 306 Å². The van der Waals surface area contributed by atoms with Crippen molar-refractivity contribution >= 4 is 40.9 Å². The minimum absolute atomic E-state index is 0.0705. The molecule has 0 spiro atoms. The van der Waals surface area contributed by atoms with E-state index >= 15 is 0 Å². The number of carbonyl (C=O) groups is 4. The van der Waals surface area contributed by atoms with E-state index in [1.807, 2.05) is 0 Å². The number of aromatic amines is 1. The van der Waals surface area contributed by atoms with E-state index in [0.29, 0.717) is 5.75 Å². The second-order valence-electron chi connectivity index (χ2n) is 11.9. The SMILES string of the molecule is O=C(COc1ccccc1)Nc1nc2c(ncn2[C@@H]2O[C@H](COC(=O)c3ccccc3)[C@@H](OC(=O)c3ccccc3)[C@H]2OC(=O)c2ccccc2)c(=O)[nH]1.